The fourth-order valence-corrected chi connectivity index (χ4v) is 9.21. The van der Waals surface area contributed by atoms with Gasteiger partial charge in [0.15, 0.2) is 0 Å². The van der Waals surface area contributed by atoms with Crippen LogP contribution in [-0.4, -0.2) is 13.2 Å². The van der Waals surface area contributed by atoms with Crippen molar-refractivity contribution >= 4 is 79.4 Å². The van der Waals surface area contributed by atoms with Crippen LogP contribution in [0.1, 0.15) is 62.5 Å². The third-order valence-corrected chi connectivity index (χ3v) is 12.5. The maximum Gasteiger partial charge on any atom is 0.101 e. The number of fused-ring (bicyclic) bond motifs is 2. The molecule has 0 aliphatic carbocycles. The molecule has 0 N–H and O–H groups in total. The lowest BCUT2D eigenvalue weighted by atomic mass is 9.95. The summed E-state index contributed by atoms with van der Waals surface area (Å²) in [6.07, 6.45) is 13.7. The molecule has 0 saturated heterocycles. The van der Waals surface area contributed by atoms with E-state index in [9.17, 15) is 0 Å². The maximum absolute atomic E-state index is 3.59. The van der Waals surface area contributed by atoms with Gasteiger partial charge in [0.05, 0.1) is 11.4 Å². The van der Waals surface area contributed by atoms with Gasteiger partial charge < -0.3 is 9.80 Å². The van der Waals surface area contributed by atoms with Gasteiger partial charge in [-0.05, 0) is 126 Å². The monoisotopic (exact) mass is 846 g/mol. The van der Waals surface area contributed by atoms with Crippen LogP contribution in [-0.2, 0) is 12.8 Å². The second kappa shape index (κ2) is 20.6. The summed E-state index contributed by atoms with van der Waals surface area (Å²) in [7, 11) is 2.28. The van der Waals surface area contributed by atoms with E-state index in [0.717, 1.165) is 40.9 Å². The van der Waals surface area contributed by atoms with Crippen molar-refractivity contribution < 1.29 is 0 Å². The number of alkyl halides is 1. The predicted molar refractivity (Wildman–Crippen MR) is 268 cm³/mol. The van der Waals surface area contributed by atoms with E-state index in [2.05, 4.69) is 216 Å². The molecule has 0 amide bonds. The number of anilines is 6. The van der Waals surface area contributed by atoms with Gasteiger partial charge in [-0.15, -0.1) is 0 Å². The van der Waals surface area contributed by atoms with E-state index < -0.39 is 0 Å². The molecule has 0 heterocycles. The molecule has 8 aromatic carbocycles. The number of halogens is 1. The number of hydrogen-bond donors (Lipinski definition) is 0. The second-order valence-electron chi connectivity index (χ2n) is 16.0. The molecule has 0 saturated carbocycles. The van der Waals surface area contributed by atoms with Crippen molar-refractivity contribution in [2.45, 2.75) is 70.5 Å². The molecule has 0 spiro atoms. The molecule has 8 aromatic rings. The number of nitrogens with zero attached hydrogens (tertiary/aromatic N) is 2. The Morgan fingerprint density at radius 1 is 0.333 bits per heavy atom. The Kier molecular flexibility index (Phi) is 14.1. The summed E-state index contributed by atoms with van der Waals surface area (Å²) in [6.45, 7) is 0. The molecule has 300 valence electrons. The lowest BCUT2D eigenvalue weighted by Crippen LogP contribution is -2.11. The molecule has 0 unspecified atom stereocenters. The summed E-state index contributed by atoms with van der Waals surface area (Å²) in [4.78, 5) is 4.83. The molecular weight excluding hydrogens is 791 g/mol. The topological polar surface area (TPSA) is 6.48 Å². The third kappa shape index (κ3) is 9.56. The van der Waals surface area contributed by atoms with Gasteiger partial charge in [0.1, 0.15) is 7.85 Å². The van der Waals surface area contributed by atoms with Crippen LogP contribution in [0.15, 0.2) is 182 Å². The first-order chi connectivity index (χ1) is 29.7. The lowest BCUT2D eigenvalue weighted by Gasteiger charge is -2.28. The Morgan fingerprint density at radius 3 is 1.12 bits per heavy atom. The Hall–Kier alpha value is -5.58. The molecule has 0 aromatic heterocycles. The minimum absolute atomic E-state index is 1.09. The van der Waals surface area contributed by atoms with Crippen LogP contribution in [0.2, 0.25) is 6.32 Å². The Bertz CT molecular complexity index is 2390. The standard InChI is InChI=1S/C56H56BBrN2/c57-41-17-3-1-7-19-45-33-39-55(53-27-15-13-25-51(45)53)59(47-21-9-5-10-22-47)49-35-29-43(30-36-49)44-31-37-50(38-32-44)60(48-23-11-6-12-24-48)56-40-34-46(20-8-2-4-18-42-58)52-26-14-16-28-54(52)56/h5-6,9-16,21-40H,1-4,7-8,17-20,41-42,57H2. The molecule has 0 aliphatic rings. The molecule has 8 rings (SSSR count). The molecule has 0 bridgehead atoms. The summed E-state index contributed by atoms with van der Waals surface area (Å²) in [5.41, 5.74) is 12.3. The highest BCUT2D eigenvalue weighted by Gasteiger charge is 2.19. The Morgan fingerprint density at radius 2 is 0.700 bits per heavy atom. The molecule has 0 radical (unpaired) electrons. The van der Waals surface area contributed by atoms with Gasteiger partial charge in [-0.25, -0.2) is 0 Å². The van der Waals surface area contributed by atoms with Crippen molar-refractivity contribution in [2.75, 3.05) is 15.1 Å². The highest BCUT2D eigenvalue weighted by Crippen LogP contribution is 2.43. The first kappa shape index (κ1) is 41.2. The summed E-state index contributed by atoms with van der Waals surface area (Å²) < 4.78 is 0. The van der Waals surface area contributed by atoms with Crippen molar-refractivity contribution in [3.05, 3.63) is 193 Å². The van der Waals surface area contributed by atoms with Crippen LogP contribution >= 0.6 is 15.9 Å². The lowest BCUT2D eigenvalue weighted by molar-refractivity contribution is 0.668. The fraction of sp³-hybridized carbons (Fsp3) is 0.214. The molecule has 0 fully saturated rings. The normalized spacial score (nSPS) is 11.3. The van der Waals surface area contributed by atoms with E-state index in [1.165, 1.54) is 113 Å². The van der Waals surface area contributed by atoms with E-state index in [1.54, 1.807) is 0 Å². The zero-order valence-corrected chi connectivity index (χ0v) is 36.7. The number of hydrogen-bond acceptors (Lipinski definition) is 2. The van der Waals surface area contributed by atoms with E-state index in [0.29, 0.717) is 0 Å². The van der Waals surface area contributed by atoms with Crippen LogP contribution in [0.25, 0.3) is 32.7 Å². The molecule has 60 heavy (non-hydrogen) atoms. The van der Waals surface area contributed by atoms with Gasteiger partial charge in [0.2, 0.25) is 0 Å². The molecular formula is C56H56BBrN2. The highest BCUT2D eigenvalue weighted by molar-refractivity contribution is 9.09. The quantitative estimate of drug-likeness (QED) is 0.0454. The first-order valence-electron chi connectivity index (χ1n) is 22.2. The summed E-state index contributed by atoms with van der Waals surface area (Å²) >= 11 is 3.59. The minimum atomic E-state index is 1.09. The molecule has 2 nitrogen and oxygen atoms in total. The number of unbranched alkanes of at least 4 members (excludes halogenated alkanes) is 6. The Balaban J connectivity index is 1.09. The number of benzene rings is 8. The number of aryl methyl sites for hydroxylation is 2. The maximum atomic E-state index is 3.59. The van der Waals surface area contributed by atoms with Crippen LogP contribution in [0.4, 0.5) is 34.1 Å². The first-order valence-corrected chi connectivity index (χ1v) is 23.3. The van der Waals surface area contributed by atoms with Gasteiger partial charge >= 0.3 is 0 Å². The smallest absolute Gasteiger partial charge is 0.101 e. The van der Waals surface area contributed by atoms with Crippen molar-refractivity contribution in [3.8, 4) is 11.1 Å². The van der Waals surface area contributed by atoms with Crippen LogP contribution in [0, 0.1) is 0 Å². The number of para-hydroxylation sites is 2. The van der Waals surface area contributed by atoms with E-state index in [-0.39, 0.29) is 0 Å². The van der Waals surface area contributed by atoms with Gasteiger partial charge in [-0.2, -0.15) is 0 Å². The van der Waals surface area contributed by atoms with E-state index in [1.807, 2.05) is 0 Å². The van der Waals surface area contributed by atoms with Gasteiger partial charge in [0.25, 0.3) is 0 Å². The van der Waals surface area contributed by atoms with Crippen LogP contribution in [0.3, 0.4) is 0 Å². The van der Waals surface area contributed by atoms with Crippen LogP contribution in [0.5, 0.6) is 0 Å². The SMILES string of the molecule is BCCCCCCc1ccc(N(c2ccccc2)c2ccc(-c3ccc(N(c4ccccc4)c4ccc(CCCCCCBr)c5ccccc45)cc3)cc2)c2ccccc12. The minimum Gasteiger partial charge on any atom is -0.310 e. The van der Waals surface area contributed by atoms with Crippen molar-refractivity contribution in [1.82, 2.24) is 0 Å². The molecule has 0 aliphatic heterocycles. The zero-order chi connectivity index (χ0) is 40.9. The fourth-order valence-electron chi connectivity index (χ4n) is 8.81. The van der Waals surface area contributed by atoms with Crippen molar-refractivity contribution in [2.24, 2.45) is 0 Å². The van der Waals surface area contributed by atoms with Crippen LogP contribution < -0.4 is 9.80 Å². The largest absolute Gasteiger partial charge is 0.310 e. The van der Waals surface area contributed by atoms with Crippen molar-refractivity contribution in [3.63, 3.8) is 0 Å². The molecule has 0 atom stereocenters. The van der Waals surface area contributed by atoms with Gasteiger partial charge in [-0.1, -0.05) is 176 Å². The average molecular weight is 848 g/mol. The summed E-state index contributed by atoms with van der Waals surface area (Å²) in [5.74, 6) is 0. The van der Waals surface area contributed by atoms with Gasteiger partial charge in [0, 0.05) is 38.9 Å². The summed E-state index contributed by atoms with van der Waals surface area (Å²) in [5, 5.41) is 6.37. The molecule has 4 heteroatoms. The number of rotatable bonds is 19. The summed E-state index contributed by atoms with van der Waals surface area (Å²) in [6, 6.07) is 67.1. The highest BCUT2D eigenvalue weighted by atomic mass is 79.9. The second-order valence-corrected chi connectivity index (χ2v) is 16.8. The average Bonchev–Trinajstić information content (AvgIpc) is 3.31. The van der Waals surface area contributed by atoms with Gasteiger partial charge in [-0.3, -0.25) is 0 Å². The Labute approximate surface area is 367 Å². The van der Waals surface area contributed by atoms with Crippen molar-refractivity contribution in [1.29, 1.82) is 0 Å². The van der Waals surface area contributed by atoms with E-state index in [4.69, 9.17) is 0 Å². The third-order valence-electron chi connectivity index (χ3n) is 12.0. The zero-order valence-electron chi connectivity index (χ0n) is 35.1. The van der Waals surface area contributed by atoms with E-state index >= 15 is 0 Å². The predicted octanol–water partition coefficient (Wildman–Crippen LogP) is 16.3.